The number of phenols is 1. The maximum absolute atomic E-state index is 12.8. The third-order valence-corrected chi connectivity index (χ3v) is 2.57. The van der Waals surface area contributed by atoms with Crippen LogP contribution in [0.25, 0.3) is 22.2 Å². The topological polar surface area (TPSA) is 46.3 Å². The average molecular weight is 229 g/mol. The minimum atomic E-state index is -0.296. The van der Waals surface area contributed by atoms with Gasteiger partial charge in [0, 0.05) is 17.0 Å². The highest BCUT2D eigenvalue weighted by Crippen LogP contribution is 2.30. The van der Waals surface area contributed by atoms with Crippen LogP contribution in [-0.4, -0.2) is 10.3 Å². The molecule has 17 heavy (non-hydrogen) atoms. The van der Waals surface area contributed by atoms with Crippen LogP contribution in [0.1, 0.15) is 0 Å². The van der Waals surface area contributed by atoms with E-state index in [1.165, 1.54) is 18.2 Å². The molecule has 0 atom stereocenters. The van der Waals surface area contributed by atoms with Gasteiger partial charge in [0.25, 0.3) is 0 Å². The zero-order chi connectivity index (χ0) is 11.8. The number of benzene rings is 2. The largest absolute Gasteiger partial charge is 0.508 e. The Hall–Kier alpha value is -2.36. The Labute approximate surface area is 96.1 Å². The number of hydrogen-bond acceptors (Lipinski definition) is 3. The van der Waals surface area contributed by atoms with Gasteiger partial charge in [0.15, 0.2) is 5.76 Å². The lowest BCUT2D eigenvalue weighted by molar-refractivity contribution is 0.440. The summed E-state index contributed by atoms with van der Waals surface area (Å²) in [7, 11) is 0. The molecule has 3 nitrogen and oxygen atoms in total. The van der Waals surface area contributed by atoms with E-state index in [-0.39, 0.29) is 11.6 Å². The highest BCUT2D eigenvalue weighted by molar-refractivity contribution is 5.92. The fraction of sp³-hybridized carbons (Fsp3) is 0. The molecule has 1 heterocycles. The van der Waals surface area contributed by atoms with Gasteiger partial charge in [-0.05, 0) is 36.4 Å². The van der Waals surface area contributed by atoms with E-state index >= 15 is 0 Å². The predicted octanol–water partition coefficient (Wildman–Crippen LogP) is 3.34. The molecule has 0 aliphatic carbocycles. The van der Waals surface area contributed by atoms with Crippen LogP contribution in [0, 0.1) is 5.82 Å². The first-order chi connectivity index (χ1) is 8.24. The van der Waals surface area contributed by atoms with Crippen LogP contribution in [0.2, 0.25) is 0 Å². The van der Waals surface area contributed by atoms with Crippen molar-refractivity contribution in [3.8, 4) is 17.1 Å². The summed E-state index contributed by atoms with van der Waals surface area (Å²) in [5, 5.41) is 14.0. The SMILES string of the molecule is Oc1ccc2c(-c3ccc(F)cc3)onc2c1. The van der Waals surface area contributed by atoms with Gasteiger partial charge in [-0.2, -0.15) is 0 Å². The van der Waals surface area contributed by atoms with Crippen LogP contribution in [0.3, 0.4) is 0 Å². The van der Waals surface area contributed by atoms with E-state index in [0.29, 0.717) is 11.3 Å². The Morgan fingerprint density at radius 1 is 1.06 bits per heavy atom. The number of aromatic nitrogens is 1. The van der Waals surface area contributed by atoms with Crippen molar-refractivity contribution in [2.45, 2.75) is 0 Å². The molecule has 0 radical (unpaired) electrons. The molecule has 0 saturated carbocycles. The Balaban J connectivity index is 2.21. The number of fused-ring (bicyclic) bond motifs is 1. The quantitative estimate of drug-likeness (QED) is 0.696. The van der Waals surface area contributed by atoms with Gasteiger partial charge in [-0.15, -0.1) is 0 Å². The molecule has 0 saturated heterocycles. The average Bonchev–Trinajstić information content (AvgIpc) is 2.73. The summed E-state index contributed by atoms with van der Waals surface area (Å²) in [4.78, 5) is 0. The number of nitrogens with zero attached hydrogens (tertiary/aromatic N) is 1. The van der Waals surface area contributed by atoms with E-state index in [1.807, 2.05) is 0 Å². The van der Waals surface area contributed by atoms with Gasteiger partial charge < -0.3 is 9.63 Å². The highest BCUT2D eigenvalue weighted by atomic mass is 19.1. The van der Waals surface area contributed by atoms with Gasteiger partial charge in [0.1, 0.15) is 17.1 Å². The van der Waals surface area contributed by atoms with Crippen LogP contribution < -0.4 is 0 Å². The van der Waals surface area contributed by atoms with E-state index in [1.54, 1.807) is 24.3 Å². The molecular formula is C13H8FNO2. The molecule has 0 amide bonds. The molecule has 0 aliphatic heterocycles. The lowest BCUT2D eigenvalue weighted by atomic mass is 10.1. The van der Waals surface area contributed by atoms with Crippen molar-refractivity contribution in [3.05, 3.63) is 48.3 Å². The van der Waals surface area contributed by atoms with Gasteiger partial charge in [0.05, 0.1) is 0 Å². The molecule has 0 aliphatic rings. The summed E-state index contributed by atoms with van der Waals surface area (Å²) in [6.45, 7) is 0. The normalized spacial score (nSPS) is 10.9. The fourth-order valence-corrected chi connectivity index (χ4v) is 1.74. The lowest BCUT2D eigenvalue weighted by Gasteiger charge is -1.96. The van der Waals surface area contributed by atoms with E-state index < -0.39 is 0 Å². The molecule has 0 unspecified atom stereocenters. The summed E-state index contributed by atoms with van der Waals surface area (Å²) >= 11 is 0. The Kier molecular flexibility index (Phi) is 2.08. The number of hydrogen-bond donors (Lipinski definition) is 1. The number of halogens is 1. The molecule has 1 aromatic heterocycles. The number of rotatable bonds is 1. The molecular weight excluding hydrogens is 221 g/mol. The van der Waals surface area contributed by atoms with Crippen molar-refractivity contribution in [2.75, 3.05) is 0 Å². The second-order valence-electron chi connectivity index (χ2n) is 3.72. The maximum Gasteiger partial charge on any atom is 0.174 e. The second-order valence-corrected chi connectivity index (χ2v) is 3.72. The van der Waals surface area contributed by atoms with Crippen LogP contribution in [-0.2, 0) is 0 Å². The van der Waals surface area contributed by atoms with E-state index in [2.05, 4.69) is 5.16 Å². The zero-order valence-corrected chi connectivity index (χ0v) is 8.72. The first-order valence-corrected chi connectivity index (χ1v) is 5.08. The molecule has 2 aromatic carbocycles. The third kappa shape index (κ3) is 1.63. The Morgan fingerprint density at radius 3 is 2.59 bits per heavy atom. The predicted molar refractivity (Wildman–Crippen MR) is 61.1 cm³/mol. The number of aromatic hydroxyl groups is 1. The lowest BCUT2D eigenvalue weighted by Crippen LogP contribution is -1.77. The highest BCUT2D eigenvalue weighted by Gasteiger charge is 2.10. The summed E-state index contributed by atoms with van der Waals surface area (Å²) in [5.74, 6) is 0.409. The third-order valence-electron chi connectivity index (χ3n) is 2.57. The monoisotopic (exact) mass is 229 g/mol. The molecule has 0 fully saturated rings. The molecule has 4 heteroatoms. The molecule has 3 rings (SSSR count). The van der Waals surface area contributed by atoms with Crippen molar-refractivity contribution in [1.29, 1.82) is 0 Å². The van der Waals surface area contributed by atoms with Crippen LogP contribution in [0.5, 0.6) is 5.75 Å². The minimum Gasteiger partial charge on any atom is -0.508 e. The van der Waals surface area contributed by atoms with Gasteiger partial charge in [-0.3, -0.25) is 0 Å². The molecule has 3 aromatic rings. The first-order valence-electron chi connectivity index (χ1n) is 5.08. The van der Waals surface area contributed by atoms with Gasteiger partial charge >= 0.3 is 0 Å². The summed E-state index contributed by atoms with van der Waals surface area (Å²) in [6, 6.07) is 10.8. The zero-order valence-electron chi connectivity index (χ0n) is 8.72. The minimum absolute atomic E-state index is 0.136. The van der Waals surface area contributed by atoms with Crippen molar-refractivity contribution < 1.29 is 14.0 Å². The van der Waals surface area contributed by atoms with Gasteiger partial charge in [-0.25, -0.2) is 4.39 Å². The Bertz CT molecular complexity index is 673. The fourth-order valence-electron chi connectivity index (χ4n) is 1.74. The standard InChI is InChI=1S/C13H8FNO2/c14-9-3-1-8(2-4-9)13-11-6-5-10(16)7-12(11)15-17-13/h1-7,16H. The smallest absolute Gasteiger partial charge is 0.174 e. The van der Waals surface area contributed by atoms with Gasteiger partial charge in [-0.1, -0.05) is 5.16 Å². The van der Waals surface area contributed by atoms with Crippen LogP contribution in [0.15, 0.2) is 47.0 Å². The van der Waals surface area contributed by atoms with Crippen LogP contribution in [0.4, 0.5) is 4.39 Å². The van der Waals surface area contributed by atoms with Crippen molar-refractivity contribution in [3.63, 3.8) is 0 Å². The maximum atomic E-state index is 12.8. The molecule has 0 spiro atoms. The van der Waals surface area contributed by atoms with Crippen molar-refractivity contribution >= 4 is 10.9 Å². The molecule has 84 valence electrons. The first kappa shape index (κ1) is 9.84. The Morgan fingerprint density at radius 2 is 1.82 bits per heavy atom. The van der Waals surface area contributed by atoms with E-state index in [0.717, 1.165) is 10.9 Å². The van der Waals surface area contributed by atoms with E-state index in [9.17, 15) is 9.50 Å². The van der Waals surface area contributed by atoms with Crippen LogP contribution >= 0.6 is 0 Å². The summed E-state index contributed by atoms with van der Waals surface area (Å²) < 4.78 is 18.0. The molecule has 1 N–H and O–H groups in total. The second kappa shape index (κ2) is 3.59. The van der Waals surface area contributed by atoms with Crippen molar-refractivity contribution in [2.24, 2.45) is 0 Å². The number of phenolic OH excluding ortho intramolecular Hbond substituents is 1. The van der Waals surface area contributed by atoms with Crippen molar-refractivity contribution in [1.82, 2.24) is 5.16 Å². The summed E-state index contributed by atoms with van der Waals surface area (Å²) in [5.41, 5.74) is 1.32. The van der Waals surface area contributed by atoms with Gasteiger partial charge in [0.2, 0.25) is 0 Å². The summed E-state index contributed by atoms with van der Waals surface area (Å²) in [6.07, 6.45) is 0. The molecule has 0 bridgehead atoms. The van der Waals surface area contributed by atoms with E-state index in [4.69, 9.17) is 4.52 Å².